The van der Waals surface area contributed by atoms with E-state index in [9.17, 15) is 18.4 Å². The molecule has 33 heavy (non-hydrogen) atoms. The molecule has 0 heterocycles. The number of hydrogen-bond donors (Lipinski definition) is 2. The molecule has 0 aliphatic heterocycles. The largest absolute Gasteiger partial charge is 0.484 e. The molecule has 3 saturated carbocycles. The summed E-state index contributed by atoms with van der Waals surface area (Å²) in [6.07, 6.45) is 1.71. The summed E-state index contributed by atoms with van der Waals surface area (Å²) in [5.41, 5.74) is -0.302. The van der Waals surface area contributed by atoms with Crippen molar-refractivity contribution < 1.29 is 27.8 Å². The van der Waals surface area contributed by atoms with E-state index in [1.54, 1.807) is 0 Å². The molecule has 10 heteroatoms. The molecule has 0 bridgehead atoms. The normalized spacial score (nSPS) is 28.4. The second-order valence-electron chi connectivity index (χ2n) is 8.68. The average Bonchev–Trinajstić information content (AvgIpc) is 3.14. The Morgan fingerprint density at radius 1 is 0.879 bits per heavy atom. The first-order chi connectivity index (χ1) is 15.8. The lowest BCUT2D eigenvalue weighted by molar-refractivity contribution is -0.125. The van der Waals surface area contributed by atoms with Gasteiger partial charge >= 0.3 is 0 Å². The van der Waals surface area contributed by atoms with Crippen molar-refractivity contribution in [2.75, 3.05) is 13.2 Å². The molecule has 5 atom stereocenters. The molecular formula is C23H20Cl2F2N2O4. The van der Waals surface area contributed by atoms with E-state index in [-0.39, 0.29) is 64.1 Å². The van der Waals surface area contributed by atoms with Crippen molar-refractivity contribution >= 4 is 35.0 Å². The molecule has 0 spiro atoms. The first-order valence-electron chi connectivity index (χ1n) is 10.5. The van der Waals surface area contributed by atoms with E-state index in [0.717, 1.165) is 25.0 Å². The molecule has 1 unspecified atom stereocenters. The van der Waals surface area contributed by atoms with Gasteiger partial charge in [0.05, 0.1) is 15.6 Å². The summed E-state index contributed by atoms with van der Waals surface area (Å²) in [6, 6.07) is 7.91. The molecule has 2 amide bonds. The van der Waals surface area contributed by atoms with Gasteiger partial charge in [0.2, 0.25) is 0 Å². The molecule has 5 rings (SSSR count). The fraction of sp³-hybridized carbons (Fsp3) is 0.391. The number of rotatable bonds is 8. The Hall–Kier alpha value is -2.58. The highest BCUT2D eigenvalue weighted by Gasteiger charge is 2.82. The minimum absolute atomic E-state index is 0.0172. The maximum Gasteiger partial charge on any atom is 0.258 e. The number of carbonyl (C=O) groups is 2. The van der Waals surface area contributed by atoms with E-state index in [2.05, 4.69) is 10.6 Å². The molecular weight excluding hydrogens is 477 g/mol. The minimum atomic E-state index is -0.617. The van der Waals surface area contributed by atoms with E-state index in [1.807, 2.05) is 0 Å². The van der Waals surface area contributed by atoms with Crippen molar-refractivity contribution in [3.05, 3.63) is 58.1 Å². The fourth-order valence-electron chi connectivity index (χ4n) is 5.47. The Morgan fingerprint density at radius 2 is 1.42 bits per heavy atom. The van der Waals surface area contributed by atoms with Crippen molar-refractivity contribution in [2.45, 2.75) is 24.4 Å². The van der Waals surface area contributed by atoms with Crippen LogP contribution in [-0.4, -0.2) is 36.6 Å². The quantitative estimate of drug-likeness (QED) is 0.583. The third-order valence-corrected chi connectivity index (χ3v) is 7.56. The first kappa shape index (κ1) is 22.2. The molecule has 3 fully saturated rings. The van der Waals surface area contributed by atoms with E-state index >= 15 is 0 Å². The second kappa shape index (κ2) is 8.33. The number of fused-ring (bicyclic) bond motifs is 1. The molecule has 0 saturated heterocycles. The number of benzene rings is 2. The lowest BCUT2D eigenvalue weighted by Gasteiger charge is -2.40. The molecule has 0 aromatic heterocycles. The Morgan fingerprint density at radius 3 is 2.00 bits per heavy atom. The summed E-state index contributed by atoms with van der Waals surface area (Å²) >= 11 is 11.3. The predicted molar refractivity (Wildman–Crippen MR) is 116 cm³/mol. The van der Waals surface area contributed by atoms with E-state index in [4.69, 9.17) is 32.7 Å². The molecule has 6 nitrogen and oxygen atoms in total. The molecule has 2 N–H and O–H groups in total. The number of carbonyl (C=O) groups excluding carboxylic acids is 2. The van der Waals surface area contributed by atoms with Gasteiger partial charge in [-0.25, -0.2) is 8.78 Å². The highest BCUT2D eigenvalue weighted by Crippen LogP contribution is 2.75. The van der Waals surface area contributed by atoms with Gasteiger partial charge < -0.3 is 20.1 Å². The standard InChI is InChI=1S/C23H20Cl2F2N2O4/c24-16-3-1-11(5-18(16)26)32-9-21(30)28-20-8-14-13-7-15(20)23(13,14)29-22(31)10-33-12-2-4-17(25)19(27)6-12/h1-6,13-15,20H,7-10H2,(H,28,30)(H,29,31)/t13-,14+,15+,20-,23?/m1/s1. The smallest absolute Gasteiger partial charge is 0.258 e. The van der Waals surface area contributed by atoms with Crippen molar-refractivity contribution in [2.24, 2.45) is 17.8 Å². The Balaban J connectivity index is 1.10. The Bertz CT molecular complexity index is 1130. The van der Waals surface area contributed by atoms with E-state index in [1.165, 1.54) is 24.3 Å². The van der Waals surface area contributed by atoms with Crippen molar-refractivity contribution in [3.8, 4) is 11.5 Å². The zero-order chi connectivity index (χ0) is 23.3. The predicted octanol–water partition coefficient (Wildman–Crippen LogP) is 3.74. The van der Waals surface area contributed by atoms with Gasteiger partial charge in [-0.15, -0.1) is 0 Å². The summed E-state index contributed by atoms with van der Waals surface area (Å²) in [5.74, 6) is -0.519. The van der Waals surface area contributed by atoms with Crippen LogP contribution in [0.5, 0.6) is 11.5 Å². The monoisotopic (exact) mass is 496 g/mol. The summed E-state index contributed by atoms with van der Waals surface area (Å²) in [6.45, 7) is -0.485. The maximum absolute atomic E-state index is 13.5. The number of amides is 2. The molecule has 174 valence electrons. The highest BCUT2D eigenvalue weighted by atomic mass is 35.5. The van der Waals surface area contributed by atoms with Gasteiger partial charge in [0, 0.05) is 24.1 Å². The zero-order valence-electron chi connectivity index (χ0n) is 17.2. The van der Waals surface area contributed by atoms with Gasteiger partial charge in [-0.1, -0.05) is 23.2 Å². The van der Waals surface area contributed by atoms with Gasteiger partial charge in [0.25, 0.3) is 11.8 Å². The van der Waals surface area contributed by atoms with E-state index < -0.39 is 11.6 Å². The highest BCUT2D eigenvalue weighted by molar-refractivity contribution is 6.31. The van der Waals surface area contributed by atoms with Gasteiger partial charge in [-0.2, -0.15) is 0 Å². The number of halogens is 4. The molecule has 3 aliphatic carbocycles. The molecule has 3 aliphatic rings. The molecule has 2 aromatic carbocycles. The van der Waals surface area contributed by atoms with Crippen LogP contribution in [0.1, 0.15) is 12.8 Å². The fourth-order valence-corrected chi connectivity index (χ4v) is 5.70. The van der Waals surface area contributed by atoms with Crippen LogP contribution in [0.2, 0.25) is 10.0 Å². The zero-order valence-corrected chi connectivity index (χ0v) is 18.8. The van der Waals surface area contributed by atoms with Gasteiger partial charge in [0.15, 0.2) is 13.2 Å². The van der Waals surface area contributed by atoms with Crippen molar-refractivity contribution in [1.82, 2.24) is 10.6 Å². The van der Waals surface area contributed by atoms with Crippen LogP contribution in [0, 0.1) is 29.4 Å². The SMILES string of the molecule is O=C(COc1ccc(Cl)c(F)c1)N[C@@H]1C[C@H]2[C@H]3C[C@@H]1C32NC(=O)COc1ccc(Cl)c(F)c1. The topological polar surface area (TPSA) is 76.7 Å². The minimum Gasteiger partial charge on any atom is -0.484 e. The summed E-state index contributed by atoms with van der Waals surface area (Å²) < 4.78 is 37.7. The second-order valence-corrected chi connectivity index (χ2v) is 9.49. The summed E-state index contributed by atoms with van der Waals surface area (Å²) in [4.78, 5) is 24.8. The summed E-state index contributed by atoms with van der Waals surface area (Å²) in [5, 5.41) is 6.01. The first-order valence-corrected chi connectivity index (χ1v) is 11.3. The van der Waals surface area contributed by atoms with Crippen LogP contribution in [0.4, 0.5) is 8.78 Å². The van der Waals surface area contributed by atoms with Crippen LogP contribution in [0.25, 0.3) is 0 Å². The lowest BCUT2D eigenvalue weighted by Crippen LogP contribution is -2.57. The van der Waals surface area contributed by atoms with E-state index in [0.29, 0.717) is 11.8 Å². The number of nitrogens with one attached hydrogen (secondary N) is 2. The van der Waals surface area contributed by atoms with Crippen LogP contribution in [0.3, 0.4) is 0 Å². The summed E-state index contributed by atoms with van der Waals surface area (Å²) in [7, 11) is 0. The number of hydrogen-bond acceptors (Lipinski definition) is 4. The van der Waals surface area contributed by atoms with Crippen LogP contribution < -0.4 is 20.1 Å². The molecule has 2 aromatic rings. The third kappa shape index (κ3) is 3.99. The van der Waals surface area contributed by atoms with Crippen molar-refractivity contribution in [3.63, 3.8) is 0 Å². The average molecular weight is 497 g/mol. The number of ether oxygens (including phenoxy) is 2. The van der Waals surface area contributed by atoms with Crippen LogP contribution in [0.15, 0.2) is 36.4 Å². The maximum atomic E-state index is 13.5. The Labute approximate surface area is 198 Å². The van der Waals surface area contributed by atoms with Gasteiger partial charge in [-0.3, -0.25) is 9.59 Å². The van der Waals surface area contributed by atoms with Crippen LogP contribution in [-0.2, 0) is 9.59 Å². The third-order valence-electron chi connectivity index (χ3n) is 6.94. The molecule has 0 radical (unpaired) electrons. The van der Waals surface area contributed by atoms with Crippen LogP contribution >= 0.6 is 23.2 Å². The Kier molecular flexibility index (Phi) is 5.61. The van der Waals surface area contributed by atoms with Gasteiger partial charge in [-0.05, 0) is 48.9 Å². The van der Waals surface area contributed by atoms with Crippen molar-refractivity contribution in [1.29, 1.82) is 0 Å². The lowest BCUT2D eigenvalue weighted by atomic mass is 9.74. The van der Waals surface area contributed by atoms with Gasteiger partial charge in [0.1, 0.15) is 23.1 Å².